The molecule has 4 heteroatoms. The summed E-state index contributed by atoms with van der Waals surface area (Å²) < 4.78 is 9.53. The monoisotopic (exact) mass is 254 g/mol. The third-order valence-corrected chi connectivity index (χ3v) is 3.09. The minimum atomic E-state index is -0.406. The molecule has 2 unspecified atom stereocenters. The third kappa shape index (κ3) is 3.59. The second-order valence-electron chi connectivity index (χ2n) is 5.84. The van der Waals surface area contributed by atoms with Gasteiger partial charge in [0.05, 0.1) is 26.1 Å². The summed E-state index contributed by atoms with van der Waals surface area (Å²) >= 11 is 0. The summed E-state index contributed by atoms with van der Waals surface area (Å²) in [7, 11) is 2.70. The number of methoxy groups -OCH3 is 2. The Morgan fingerprint density at radius 3 is 1.72 bits per heavy atom. The van der Waals surface area contributed by atoms with Crippen molar-refractivity contribution in [1.29, 1.82) is 0 Å². The van der Waals surface area contributed by atoms with Gasteiger partial charge in [-0.25, -0.2) is 0 Å². The van der Waals surface area contributed by atoms with E-state index in [1.807, 2.05) is 0 Å². The topological polar surface area (TPSA) is 52.6 Å². The lowest BCUT2D eigenvalue weighted by Crippen LogP contribution is -2.27. The predicted octanol–water partition coefficient (Wildman–Crippen LogP) is 2.33. The zero-order chi connectivity index (χ0) is 13.9. The average Bonchev–Trinajstić information content (AvgIpc) is 2.68. The molecule has 1 saturated carbocycles. The second kappa shape index (κ2) is 5.55. The molecule has 0 saturated heterocycles. The van der Waals surface area contributed by atoms with Crippen LogP contribution in [0.3, 0.4) is 0 Å². The Morgan fingerprint density at radius 1 is 1.06 bits per heavy atom. The van der Waals surface area contributed by atoms with E-state index in [9.17, 15) is 9.59 Å². The smallest absolute Gasteiger partial charge is 0.309 e. The van der Waals surface area contributed by atoms with E-state index in [4.69, 9.17) is 9.47 Å². The van der Waals surface area contributed by atoms with Crippen LogP contribution in [-0.2, 0) is 19.1 Å². The first-order valence-corrected chi connectivity index (χ1v) is 6.14. The molecular weight excluding hydrogens is 232 g/mol. The van der Waals surface area contributed by atoms with Crippen molar-refractivity contribution in [2.24, 2.45) is 17.3 Å². The summed E-state index contributed by atoms with van der Waals surface area (Å²) in [6.07, 6.45) is 3.30. The standard InChI is InChI=1S/C14H22O4/c1-14(2,3)8-9-6-10(12(15)17-4)11(7-9)13(16)18-5/h8,10-11H,6-7H2,1-5H3. The summed E-state index contributed by atoms with van der Waals surface area (Å²) in [5, 5.41) is 0. The van der Waals surface area contributed by atoms with Crippen LogP contribution < -0.4 is 0 Å². The van der Waals surface area contributed by atoms with Gasteiger partial charge in [0.15, 0.2) is 0 Å². The maximum atomic E-state index is 11.7. The third-order valence-electron chi connectivity index (χ3n) is 3.09. The van der Waals surface area contributed by atoms with Gasteiger partial charge in [-0.3, -0.25) is 9.59 Å². The summed E-state index contributed by atoms with van der Waals surface area (Å²) in [4.78, 5) is 23.4. The predicted molar refractivity (Wildman–Crippen MR) is 67.8 cm³/mol. The summed E-state index contributed by atoms with van der Waals surface area (Å²) in [6, 6.07) is 0. The van der Waals surface area contributed by atoms with Gasteiger partial charge >= 0.3 is 11.9 Å². The minimum Gasteiger partial charge on any atom is -0.469 e. The van der Waals surface area contributed by atoms with E-state index in [0.717, 1.165) is 5.57 Å². The Kier molecular flexibility index (Phi) is 4.54. The van der Waals surface area contributed by atoms with Crippen molar-refractivity contribution in [3.63, 3.8) is 0 Å². The highest BCUT2D eigenvalue weighted by Gasteiger charge is 2.41. The SMILES string of the molecule is COC(=O)C1CC(=CC(C)(C)C)CC1C(=O)OC. The lowest BCUT2D eigenvalue weighted by molar-refractivity contribution is -0.156. The number of carbonyl (C=O) groups is 2. The van der Waals surface area contributed by atoms with Gasteiger partial charge < -0.3 is 9.47 Å². The molecule has 0 aromatic heterocycles. The molecule has 0 N–H and O–H groups in total. The quantitative estimate of drug-likeness (QED) is 0.560. The number of hydrogen-bond donors (Lipinski definition) is 0. The van der Waals surface area contributed by atoms with Crippen molar-refractivity contribution in [3.05, 3.63) is 11.6 Å². The van der Waals surface area contributed by atoms with Gasteiger partial charge in [-0.05, 0) is 18.3 Å². The Morgan fingerprint density at radius 2 is 1.44 bits per heavy atom. The second-order valence-corrected chi connectivity index (χ2v) is 5.84. The molecule has 0 radical (unpaired) electrons. The van der Waals surface area contributed by atoms with Crippen LogP contribution in [0.1, 0.15) is 33.6 Å². The molecule has 0 bridgehead atoms. The van der Waals surface area contributed by atoms with Gasteiger partial charge in [0.2, 0.25) is 0 Å². The minimum absolute atomic E-state index is 0.0427. The first kappa shape index (κ1) is 14.7. The van der Waals surface area contributed by atoms with Gasteiger partial charge in [-0.15, -0.1) is 0 Å². The lowest BCUT2D eigenvalue weighted by Gasteiger charge is -2.13. The van der Waals surface area contributed by atoms with E-state index in [-0.39, 0.29) is 17.4 Å². The molecule has 0 heterocycles. The molecule has 1 aliphatic carbocycles. The Bertz CT molecular complexity index is 336. The zero-order valence-electron chi connectivity index (χ0n) is 11.8. The van der Waals surface area contributed by atoms with Crippen molar-refractivity contribution >= 4 is 11.9 Å². The van der Waals surface area contributed by atoms with Crippen molar-refractivity contribution in [2.75, 3.05) is 14.2 Å². The number of carbonyl (C=O) groups excluding carboxylic acids is 2. The maximum Gasteiger partial charge on any atom is 0.309 e. The molecule has 0 aliphatic heterocycles. The molecule has 0 spiro atoms. The Labute approximate surface area is 108 Å². The number of allylic oxidation sites excluding steroid dienone is 2. The van der Waals surface area contributed by atoms with Crippen molar-refractivity contribution in [3.8, 4) is 0 Å². The highest BCUT2D eigenvalue weighted by atomic mass is 16.5. The van der Waals surface area contributed by atoms with Gasteiger partial charge in [-0.2, -0.15) is 0 Å². The summed E-state index contributed by atoms with van der Waals surface area (Å²) in [5.41, 5.74) is 1.18. The first-order chi connectivity index (χ1) is 8.28. The fraction of sp³-hybridized carbons (Fsp3) is 0.714. The van der Waals surface area contributed by atoms with Crippen LogP contribution in [0, 0.1) is 17.3 Å². The fourth-order valence-electron chi connectivity index (χ4n) is 2.46. The Balaban J connectivity index is 2.93. The largest absolute Gasteiger partial charge is 0.469 e. The van der Waals surface area contributed by atoms with E-state index < -0.39 is 11.8 Å². The molecule has 2 atom stereocenters. The molecular formula is C14H22O4. The van der Waals surface area contributed by atoms with Crippen LogP contribution in [0.25, 0.3) is 0 Å². The fourth-order valence-corrected chi connectivity index (χ4v) is 2.46. The molecule has 1 aliphatic rings. The molecule has 4 nitrogen and oxygen atoms in total. The highest BCUT2D eigenvalue weighted by molar-refractivity contribution is 5.83. The van der Waals surface area contributed by atoms with E-state index in [0.29, 0.717) is 12.8 Å². The number of esters is 2. The van der Waals surface area contributed by atoms with Gasteiger partial charge in [0.1, 0.15) is 0 Å². The summed E-state index contributed by atoms with van der Waals surface area (Å²) in [5.74, 6) is -1.47. The average molecular weight is 254 g/mol. The van der Waals surface area contributed by atoms with Gasteiger partial charge in [-0.1, -0.05) is 32.4 Å². The van der Waals surface area contributed by atoms with E-state index >= 15 is 0 Å². The van der Waals surface area contributed by atoms with Crippen molar-refractivity contribution in [1.82, 2.24) is 0 Å². The molecule has 0 amide bonds. The van der Waals surface area contributed by atoms with Crippen LogP contribution in [0.15, 0.2) is 11.6 Å². The summed E-state index contributed by atoms with van der Waals surface area (Å²) in [6.45, 7) is 6.29. The van der Waals surface area contributed by atoms with Crippen molar-refractivity contribution < 1.29 is 19.1 Å². The zero-order valence-corrected chi connectivity index (χ0v) is 11.8. The van der Waals surface area contributed by atoms with Crippen LogP contribution in [0.4, 0.5) is 0 Å². The van der Waals surface area contributed by atoms with E-state index in [2.05, 4.69) is 26.8 Å². The number of hydrogen-bond acceptors (Lipinski definition) is 4. The normalized spacial score (nSPS) is 23.7. The molecule has 1 rings (SSSR count). The van der Waals surface area contributed by atoms with E-state index in [1.165, 1.54) is 14.2 Å². The molecule has 1 fully saturated rings. The van der Waals surface area contributed by atoms with Gasteiger partial charge in [0.25, 0.3) is 0 Å². The van der Waals surface area contributed by atoms with Crippen LogP contribution in [0.2, 0.25) is 0 Å². The van der Waals surface area contributed by atoms with Crippen LogP contribution >= 0.6 is 0 Å². The lowest BCUT2D eigenvalue weighted by atomic mass is 9.92. The van der Waals surface area contributed by atoms with Crippen LogP contribution in [0.5, 0.6) is 0 Å². The van der Waals surface area contributed by atoms with Crippen molar-refractivity contribution in [2.45, 2.75) is 33.6 Å². The maximum absolute atomic E-state index is 11.7. The van der Waals surface area contributed by atoms with Crippen LogP contribution in [-0.4, -0.2) is 26.2 Å². The Hall–Kier alpha value is -1.32. The van der Waals surface area contributed by atoms with E-state index in [1.54, 1.807) is 0 Å². The molecule has 0 aromatic carbocycles. The highest BCUT2D eigenvalue weighted by Crippen LogP contribution is 2.39. The molecule has 102 valence electrons. The number of rotatable bonds is 2. The van der Waals surface area contributed by atoms with Gasteiger partial charge in [0, 0.05) is 0 Å². The molecule has 18 heavy (non-hydrogen) atoms. The molecule has 0 aromatic rings. The number of ether oxygens (including phenoxy) is 2. The first-order valence-electron chi connectivity index (χ1n) is 6.14.